The molecule has 0 aliphatic heterocycles. The predicted molar refractivity (Wildman–Crippen MR) is 78.7 cm³/mol. The van der Waals surface area contributed by atoms with Gasteiger partial charge in [-0.3, -0.25) is 0 Å². The number of hydrogen-bond donors (Lipinski definition) is 1. The van der Waals surface area contributed by atoms with Crippen LogP contribution < -0.4 is 5.32 Å². The van der Waals surface area contributed by atoms with Crippen molar-refractivity contribution >= 4 is 0 Å². The van der Waals surface area contributed by atoms with Crippen LogP contribution in [0.5, 0.6) is 0 Å². The lowest BCUT2D eigenvalue weighted by Crippen LogP contribution is -2.23. The summed E-state index contributed by atoms with van der Waals surface area (Å²) >= 11 is 0. The lowest BCUT2D eigenvalue weighted by Gasteiger charge is -2.24. The van der Waals surface area contributed by atoms with E-state index in [2.05, 4.69) is 50.5 Å². The van der Waals surface area contributed by atoms with Gasteiger partial charge < -0.3 is 5.32 Å². The number of nitrogens with one attached hydrogen (secondary N) is 1. The van der Waals surface area contributed by atoms with Crippen molar-refractivity contribution in [1.29, 1.82) is 0 Å². The van der Waals surface area contributed by atoms with Gasteiger partial charge in [-0.25, -0.2) is 0 Å². The molecule has 3 unspecified atom stereocenters. The average molecular weight is 245 g/mol. The summed E-state index contributed by atoms with van der Waals surface area (Å²) in [6.45, 7) is 4.64. The molecule has 0 spiro atoms. The Morgan fingerprint density at radius 3 is 2.78 bits per heavy atom. The minimum absolute atomic E-state index is 0.548. The Bertz CT molecular complexity index is 372. The number of aryl methyl sites for hydroxylation is 1. The molecule has 1 N–H and O–H groups in total. The summed E-state index contributed by atoms with van der Waals surface area (Å²) in [6.07, 6.45) is 6.59. The molecule has 0 heterocycles. The molecule has 100 valence electrons. The Morgan fingerprint density at radius 2 is 2.17 bits per heavy atom. The summed E-state index contributed by atoms with van der Waals surface area (Å²) in [5, 5.41) is 3.55. The molecule has 0 radical (unpaired) electrons. The van der Waals surface area contributed by atoms with Gasteiger partial charge in [0.05, 0.1) is 0 Å². The minimum atomic E-state index is 0.548. The Kier molecular flexibility index (Phi) is 4.82. The van der Waals surface area contributed by atoms with E-state index < -0.39 is 0 Å². The van der Waals surface area contributed by atoms with Crippen LogP contribution in [0.1, 0.15) is 56.7 Å². The first-order valence-electron chi connectivity index (χ1n) is 7.50. The van der Waals surface area contributed by atoms with Crippen LogP contribution in [0.4, 0.5) is 0 Å². The highest BCUT2D eigenvalue weighted by atomic mass is 14.9. The molecule has 1 aliphatic carbocycles. The van der Waals surface area contributed by atoms with Crippen molar-refractivity contribution in [3.8, 4) is 0 Å². The topological polar surface area (TPSA) is 12.0 Å². The number of benzene rings is 1. The van der Waals surface area contributed by atoms with Crippen LogP contribution in [0.3, 0.4) is 0 Å². The molecule has 18 heavy (non-hydrogen) atoms. The van der Waals surface area contributed by atoms with E-state index in [-0.39, 0.29) is 0 Å². The SMILES string of the molecule is CCCc1cccc(C(NC)C2CCC(C)C2)c1. The molecule has 0 bridgehead atoms. The van der Waals surface area contributed by atoms with Gasteiger partial charge in [0, 0.05) is 6.04 Å². The van der Waals surface area contributed by atoms with Crippen molar-refractivity contribution in [3.63, 3.8) is 0 Å². The van der Waals surface area contributed by atoms with E-state index >= 15 is 0 Å². The molecule has 1 fully saturated rings. The van der Waals surface area contributed by atoms with Gasteiger partial charge in [0.25, 0.3) is 0 Å². The lowest BCUT2D eigenvalue weighted by atomic mass is 9.90. The van der Waals surface area contributed by atoms with Crippen LogP contribution in [0, 0.1) is 11.8 Å². The first-order chi connectivity index (χ1) is 8.74. The second-order valence-corrected chi connectivity index (χ2v) is 5.94. The zero-order valence-corrected chi connectivity index (χ0v) is 12.1. The fraction of sp³-hybridized carbons (Fsp3) is 0.647. The molecule has 1 aromatic rings. The number of rotatable bonds is 5. The Hall–Kier alpha value is -0.820. The molecule has 1 heteroatoms. The largest absolute Gasteiger partial charge is 0.313 e. The van der Waals surface area contributed by atoms with E-state index in [1.54, 1.807) is 0 Å². The normalized spacial score (nSPS) is 25.3. The minimum Gasteiger partial charge on any atom is -0.313 e. The smallest absolute Gasteiger partial charge is 0.0346 e. The fourth-order valence-corrected chi connectivity index (χ4v) is 3.46. The highest BCUT2D eigenvalue weighted by Crippen LogP contribution is 2.38. The Morgan fingerprint density at radius 1 is 1.33 bits per heavy atom. The van der Waals surface area contributed by atoms with E-state index in [0.29, 0.717) is 6.04 Å². The van der Waals surface area contributed by atoms with Crippen molar-refractivity contribution in [2.75, 3.05) is 7.05 Å². The molecule has 3 atom stereocenters. The van der Waals surface area contributed by atoms with Crippen LogP contribution in [0.25, 0.3) is 0 Å². The maximum absolute atomic E-state index is 3.55. The van der Waals surface area contributed by atoms with Gasteiger partial charge in [-0.15, -0.1) is 0 Å². The molecular weight excluding hydrogens is 218 g/mol. The molecule has 0 saturated heterocycles. The first kappa shape index (κ1) is 13.6. The van der Waals surface area contributed by atoms with Crippen LogP contribution in [0.2, 0.25) is 0 Å². The monoisotopic (exact) mass is 245 g/mol. The van der Waals surface area contributed by atoms with Crippen molar-refractivity contribution in [2.45, 2.75) is 52.0 Å². The average Bonchev–Trinajstić information content (AvgIpc) is 2.78. The molecule has 1 saturated carbocycles. The van der Waals surface area contributed by atoms with Gasteiger partial charge >= 0.3 is 0 Å². The van der Waals surface area contributed by atoms with Gasteiger partial charge in [0.2, 0.25) is 0 Å². The van der Waals surface area contributed by atoms with Crippen LogP contribution in [0.15, 0.2) is 24.3 Å². The fourth-order valence-electron chi connectivity index (χ4n) is 3.46. The van der Waals surface area contributed by atoms with E-state index in [1.165, 1.54) is 43.2 Å². The quantitative estimate of drug-likeness (QED) is 0.814. The summed E-state index contributed by atoms with van der Waals surface area (Å²) in [4.78, 5) is 0. The summed E-state index contributed by atoms with van der Waals surface area (Å²) in [5.74, 6) is 1.73. The first-order valence-corrected chi connectivity index (χ1v) is 7.50. The molecule has 1 aromatic carbocycles. The number of hydrogen-bond acceptors (Lipinski definition) is 1. The van der Waals surface area contributed by atoms with Gasteiger partial charge in [-0.1, -0.05) is 51.0 Å². The molecule has 1 nitrogen and oxygen atoms in total. The summed E-state index contributed by atoms with van der Waals surface area (Å²) < 4.78 is 0. The summed E-state index contributed by atoms with van der Waals surface area (Å²) in [5.41, 5.74) is 2.98. The van der Waals surface area contributed by atoms with Crippen molar-refractivity contribution in [3.05, 3.63) is 35.4 Å². The molecular formula is C17H27N. The second kappa shape index (κ2) is 6.38. The third-order valence-corrected chi connectivity index (χ3v) is 4.37. The standard InChI is InChI=1S/C17H27N/c1-4-6-14-7-5-8-15(12-14)17(18-3)16-10-9-13(2)11-16/h5,7-8,12-13,16-18H,4,6,9-11H2,1-3H3. The van der Waals surface area contributed by atoms with Crippen molar-refractivity contribution in [2.24, 2.45) is 11.8 Å². The maximum Gasteiger partial charge on any atom is 0.0346 e. The van der Waals surface area contributed by atoms with E-state index in [9.17, 15) is 0 Å². The second-order valence-electron chi connectivity index (χ2n) is 5.94. The van der Waals surface area contributed by atoms with Gasteiger partial charge in [-0.2, -0.15) is 0 Å². The van der Waals surface area contributed by atoms with E-state index in [0.717, 1.165) is 11.8 Å². The maximum atomic E-state index is 3.55. The van der Waals surface area contributed by atoms with Gasteiger partial charge in [0.15, 0.2) is 0 Å². The van der Waals surface area contributed by atoms with Gasteiger partial charge in [-0.05, 0) is 49.3 Å². The lowest BCUT2D eigenvalue weighted by molar-refractivity contribution is 0.379. The zero-order chi connectivity index (χ0) is 13.0. The van der Waals surface area contributed by atoms with Crippen LogP contribution in [-0.4, -0.2) is 7.05 Å². The van der Waals surface area contributed by atoms with Gasteiger partial charge in [0.1, 0.15) is 0 Å². The highest BCUT2D eigenvalue weighted by molar-refractivity contribution is 5.27. The van der Waals surface area contributed by atoms with E-state index in [1.807, 2.05) is 0 Å². The Labute approximate surface area is 112 Å². The van der Waals surface area contributed by atoms with Crippen LogP contribution in [-0.2, 0) is 6.42 Å². The molecule has 2 rings (SSSR count). The molecule has 0 amide bonds. The predicted octanol–water partition coefficient (Wildman–Crippen LogP) is 4.34. The Balaban J connectivity index is 2.13. The van der Waals surface area contributed by atoms with Crippen molar-refractivity contribution in [1.82, 2.24) is 5.32 Å². The summed E-state index contributed by atoms with van der Waals surface area (Å²) in [7, 11) is 2.11. The molecule has 0 aromatic heterocycles. The third kappa shape index (κ3) is 3.14. The molecule has 1 aliphatic rings. The highest BCUT2D eigenvalue weighted by Gasteiger charge is 2.28. The third-order valence-electron chi connectivity index (χ3n) is 4.37. The van der Waals surface area contributed by atoms with Crippen molar-refractivity contribution < 1.29 is 0 Å². The summed E-state index contributed by atoms with van der Waals surface area (Å²) in [6, 6.07) is 9.74. The van der Waals surface area contributed by atoms with Crippen LogP contribution >= 0.6 is 0 Å². The zero-order valence-electron chi connectivity index (χ0n) is 12.1. The van der Waals surface area contributed by atoms with E-state index in [4.69, 9.17) is 0 Å².